The van der Waals surface area contributed by atoms with Crippen LogP contribution in [0.15, 0.2) is 110 Å². The minimum atomic E-state index is -0.535. The molecule has 4 aromatic carbocycles. The third-order valence-electron chi connectivity index (χ3n) is 11.4. The van der Waals surface area contributed by atoms with Crippen LogP contribution in [0.4, 0.5) is 45.5 Å². The van der Waals surface area contributed by atoms with Gasteiger partial charge in [0.05, 0.1) is 83.3 Å². The van der Waals surface area contributed by atoms with E-state index in [0.717, 1.165) is 42.7 Å². The van der Waals surface area contributed by atoms with E-state index >= 15 is 0 Å². The van der Waals surface area contributed by atoms with E-state index in [0.29, 0.717) is 89.1 Å². The predicted molar refractivity (Wildman–Crippen MR) is 286 cm³/mol. The third-order valence-corrected chi connectivity index (χ3v) is 11.4. The quantitative estimate of drug-likeness (QED) is 0.0244. The molecule has 1 unspecified atom stereocenters. The number of likely N-dealkylation sites (N-methyl/N-ethyl adjacent to an activating group) is 3. The highest BCUT2D eigenvalue weighted by atomic mass is 16.5. The van der Waals surface area contributed by atoms with E-state index in [4.69, 9.17) is 64.8 Å². The summed E-state index contributed by atoms with van der Waals surface area (Å²) in [4.78, 5) is 4.28. The van der Waals surface area contributed by atoms with Crippen LogP contribution < -0.4 is 74.0 Å². The highest BCUT2D eigenvalue weighted by Crippen LogP contribution is 2.26. The van der Waals surface area contributed by atoms with Crippen molar-refractivity contribution in [2.45, 2.75) is 32.0 Å². The zero-order valence-corrected chi connectivity index (χ0v) is 42.7. The summed E-state index contributed by atoms with van der Waals surface area (Å²) in [6, 6.07) is 21.0. The number of rotatable bonds is 19. The van der Waals surface area contributed by atoms with Crippen molar-refractivity contribution in [3.8, 4) is 23.0 Å². The van der Waals surface area contributed by atoms with Crippen LogP contribution in [0.5, 0.6) is 23.0 Å². The Balaban J connectivity index is 0.000000206. The molecule has 3 heterocycles. The number of aromatic nitrogens is 4. The van der Waals surface area contributed by atoms with Crippen LogP contribution in [-0.2, 0) is 27.2 Å². The Kier molecular flexibility index (Phi) is 22.5. The van der Waals surface area contributed by atoms with Crippen molar-refractivity contribution in [3.05, 3.63) is 110 Å². The monoisotopic (exact) mass is 985 g/mol. The highest BCUT2D eigenvalue weighted by Gasteiger charge is 2.26. The van der Waals surface area contributed by atoms with Gasteiger partial charge in [0.2, 0.25) is 12.7 Å². The summed E-state index contributed by atoms with van der Waals surface area (Å²) in [6.07, 6.45) is 13.5. The van der Waals surface area contributed by atoms with E-state index in [1.165, 1.54) is 26.2 Å². The van der Waals surface area contributed by atoms with Crippen molar-refractivity contribution in [2.75, 3.05) is 140 Å². The molecule has 0 spiro atoms. The number of piperazine rings is 1. The molecule has 0 radical (unpaired) electrons. The van der Waals surface area contributed by atoms with E-state index in [1.54, 1.807) is 60.7 Å². The van der Waals surface area contributed by atoms with Crippen LogP contribution in [0, 0.1) is 0 Å². The number of nitrogen functional groups attached to an aromatic ring is 8. The highest BCUT2D eigenvalue weighted by molar-refractivity contribution is 5.62. The molecule has 1 aliphatic heterocycles. The van der Waals surface area contributed by atoms with Crippen molar-refractivity contribution < 1.29 is 37.7 Å². The number of anilines is 8. The lowest BCUT2D eigenvalue weighted by molar-refractivity contribution is -0.913. The largest absolute Gasteiger partial charge is 0.491 e. The number of quaternary nitrogens is 1. The minimum Gasteiger partial charge on any atom is -0.491 e. The molecule has 0 saturated carbocycles. The Labute approximate surface area is 420 Å². The zero-order chi connectivity index (χ0) is 51.9. The second-order valence-electron chi connectivity index (χ2n) is 18.4. The maximum Gasteiger partial charge on any atom is 0.243 e. The number of hydrogen-bond donors (Lipinski definition) is 9. The van der Waals surface area contributed by atoms with Gasteiger partial charge in [-0.15, -0.1) is 0 Å². The number of nitrogens with zero attached hydrogens (tertiary/aromatic N) is 7. The van der Waals surface area contributed by atoms with E-state index in [-0.39, 0.29) is 6.61 Å². The zero-order valence-electron chi connectivity index (χ0n) is 42.7. The molecule has 0 bridgehead atoms. The molecule has 20 heteroatoms. The predicted octanol–water partition coefficient (Wildman–Crippen LogP) is 2.67. The Morgan fingerprint density at radius 1 is 0.592 bits per heavy atom. The van der Waals surface area contributed by atoms with Gasteiger partial charge in [-0.1, -0.05) is 0 Å². The standard InChI is InChI=1S/C15H27N4O.C13H19N4O.C12H17N4O.C11H19N3O2/c1-18-6-9-19(2,10-7-18)8-3-11-20-15-5-4-13(16)12-14(15)17;1-16-6-7-17(10-16)5-2-8-18-13-4-3-11(14)9-12(13)15;1-15-4-5-16(9-15)6-7-17-12-3-2-10(13)8-11(12)14;1-14(2)6-9(15)7-16-11-4-3-8(12)5-10(11)13/h4-5,12H,3,6-11,16-17H2,1-2H3;3-4,6-7,9-10H,2,5,8,14-15H2,1H3;2-5,8-9H,6-7,13-14H2,1H3;3-5,9,15H,6-7,12-13H2,1-2H3/q3*+1;. The summed E-state index contributed by atoms with van der Waals surface area (Å²) in [6.45, 7) is 10.4. The van der Waals surface area contributed by atoms with Gasteiger partial charge in [0, 0.05) is 55.2 Å². The molecule has 1 atom stereocenters. The lowest BCUT2D eigenvalue weighted by atomic mass is 10.2. The fraction of sp³-hybridized carbons (Fsp3) is 0.412. The molecule has 7 rings (SSSR count). The average molecular weight is 985 g/mol. The first-order chi connectivity index (χ1) is 33.8. The number of aliphatic hydroxyl groups excluding tert-OH is 1. The fourth-order valence-electron chi connectivity index (χ4n) is 7.31. The number of benzene rings is 4. The van der Waals surface area contributed by atoms with Crippen molar-refractivity contribution in [1.29, 1.82) is 0 Å². The lowest BCUT2D eigenvalue weighted by Gasteiger charge is -2.41. The van der Waals surface area contributed by atoms with Gasteiger partial charge in [-0.3, -0.25) is 4.90 Å². The molecular weight excluding hydrogens is 903 g/mol. The first-order valence-electron chi connectivity index (χ1n) is 23.8. The van der Waals surface area contributed by atoms with Gasteiger partial charge in [0.25, 0.3) is 0 Å². The first-order valence-corrected chi connectivity index (χ1v) is 23.8. The van der Waals surface area contributed by atoms with Gasteiger partial charge in [-0.25, -0.2) is 18.3 Å². The molecule has 17 N–H and O–H groups in total. The van der Waals surface area contributed by atoms with Crippen molar-refractivity contribution in [2.24, 2.45) is 14.1 Å². The first kappa shape index (κ1) is 56.3. The number of aryl methyl sites for hydroxylation is 3. The minimum absolute atomic E-state index is 0.215. The topological polar surface area (TPSA) is 289 Å². The summed E-state index contributed by atoms with van der Waals surface area (Å²) in [7, 11) is 12.3. The molecular formula is C51H82N15O5+3. The summed E-state index contributed by atoms with van der Waals surface area (Å²) >= 11 is 0. The van der Waals surface area contributed by atoms with Crippen molar-refractivity contribution in [3.63, 3.8) is 0 Å². The average Bonchev–Trinajstić information content (AvgIpc) is 3.93. The molecule has 1 aliphatic rings. The van der Waals surface area contributed by atoms with Gasteiger partial charge >= 0.3 is 0 Å². The molecule has 2 aromatic heterocycles. The smallest absolute Gasteiger partial charge is 0.243 e. The normalized spacial score (nSPS) is 13.4. The van der Waals surface area contributed by atoms with Crippen LogP contribution in [-0.4, -0.2) is 129 Å². The van der Waals surface area contributed by atoms with Gasteiger partial charge in [0.15, 0.2) is 0 Å². The summed E-state index contributed by atoms with van der Waals surface area (Å²) < 4.78 is 31.7. The second kappa shape index (κ2) is 28.4. The number of ether oxygens (including phenoxy) is 4. The Morgan fingerprint density at radius 2 is 0.986 bits per heavy atom. The number of nitrogens with two attached hydrogens (primary N) is 8. The fourth-order valence-corrected chi connectivity index (χ4v) is 7.31. The molecule has 388 valence electrons. The molecule has 0 aliphatic carbocycles. The van der Waals surface area contributed by atoms with E-state index in [1.807, 2.05) is 96.4 Å². The number of hydrogen-bond acceptors (Lipinski definition) is 15. The third kappa shape index (κ3) is 21.1. The number of imidazole rings is 2. The Bertz CT molecular complexity index is 2490. The summed E-state index contributed by atoms with van der Waals surface area (Å²) in [5, 5.41) is 9.59. The van der Waals surface area contributed by atoms with Gasteiger partial charge in [-0.05, 0) is 93.9 Å². The van der Waals surface area contributed by atoms with Crippen LogP contribution in [0.1, 0.15) is 12.8 Å². The van der Waals surface area contributed by atoms with Gasteiger partial charge in [0.1, 0.15) is 73.6 Å². The SMILES string of the molecule is CN(C)CC(O)COc1ccc(N)cc1N.CN1CC[N+](C)(CCCOc2ccc(N)cc2N)CC1.C[n+]1ccn(CCCOc2ccc(N)cc2N)c1.C[n+]1ccn(CCOc2ccc(N)cc2N)c1. The Hall–Kier alpha value is -7.26. The molecule has 20 nitrogen and oxygen atoms in total. The van der Waals surface area contributed by atoms with Gasteiger partial charge < -0.3 is 79.3 Å². The van der Waals surface area contributed by atoms with Crippen molar-refractivity contribution in [1.82, 2.24) is 18.9 Å². The maximum absolute atomic E-state index is 9.59. The molecule has 71 heavy (non-hydrogen) atoms. The second-order valence-corrected chi connectivity index (χ2v) is 18.4. The summed E-state index contributed by atoms with van der Waals surface area (Å²) in [5.41, 5.74) is 50.5. The van der Waals surface area contributed by atoms with Crippen LogP contribution >= 0.6 is 0 Å². The molecule has 1 saturated heterocycles. The lowest BCUT2D eigenvalue weighted by Crippen LogP contribution is -2.56. The number of aliphatic hydroxyl groups is 1. The summed E-state index contributed by atoms with van der Waals surface area (Å²) in [5.74, 6) is 2.66. The van der Waals surface area contributed by atoms with Crippen LogP contribution in [0.3, 0.4) is 0 Å². The van der Waals surface area contributed by atoms with Crippen LogP contribution in [0.2, 0.25) is 0 Å². The van der Waals surface area contributed by atoms with E-state index in [2.05, 4.69) is 23.6 Å². The maximum atomic E-state index is 9.59. The Morgan fingerprint density at radius 3 is 1.38 bits per heavy atom. The van der Waals surface area contributed by atoms with E-state index < -0.39 is 6.10 Å². The molecule has 6 aromatic rings. The van der Waals surface area contributed by atoms with Crippen LogP contribution in [0.25, 0.3) is 0 Å². The molecule has 1 fully saturated rings. The van der Waals surface area contributed by atoms with E-state index in [9.17, 15) is 5.11 Å². The van der Waals surface area contributed by atoms with Crippen molar-refractivity contribution >= 4 is 45.5 Å². The molecule has 0 amide bonds. The van der Waals surface area contributed by atoms with Gasteiger partial charge in [-0.2, -0.15) is 0 Å².